The van der Waals surface area contributed by atoms with Gasteiger partial charge in [0.25, 0.3) is 5.91 Å². The van der Waals surface area contributed by atoms with Crippen LogP contribution in [0.25, 0.3) is 0 Å². The summed E-state index contributed by atoms with van der Waals surface area (Å²) in [6.45, 7) is 3.06. The Kier molecular flexibility index (Phi) is 3.43. The van der Waals surface area contributed by atoms with Crippen molar-refractivity contribution in [2.24, 2.45) is 11.8 Å². The number of benzene rings is 1. The van der Waals surface area contributed by atoms with E-state index in [0.29, 0.717) is 17.2 Å². The zero-order valence-corrected chi connectivity index (χ0v) is 11.7. The van der Waals surface area contributed by atoms with E-state index in [1.165, 1.54) is 6.42 Å². The number of rotatable bonds is 3. The normalized spacial score (nSPS) is 22.3. The van der Waals surface area contributed by atoms with Gasteiger partial charge in [-0.05, 0) is 36.5 Å². The number of hydrogen-bond donors (Lipinski definition) is 1. The van der Waals surface area contributed by atoms with Crippen molar-refractivity contribution in [1.82, 2.24) is 4.90 Å². The van der Waals surface area contributed by atoms with E-state index in [1.807, 2.05) is 13.1 Å². The number of anilines is 1. The van der Waals surface area contributed by atoms with Crippen LogP contribution in [0.2, 0.25) is 0 Å². The molecule has 0 bridgehead atoms. The molecule has 1 aliphatic carbocycles. The van der Waals surface area contributed by atoms with Crippen LogP contribution in [-0.2, 0) is 0 Å². The summed E-state index contributed by atoms with van der Waals surface area (Å²) in [4.78, 5) is 14.0. The number of carbonyl (C=O) groups is 1. The van der Waals surface area contributed by atoms with Crippen molar-refractivity contribution in [2.45, 2.75) is 13.3 Å². The van der Waals surface area contributed by atoms with E-state index < -0.39 is 0 Å². The number of nitrogens with zero attached hydrogens (tertiary/aromatic N) is 1. The van der Waals surface area contributed by atoms with Gasteiger partial charge in [-0.3, -0.25) is 4.79 Å². The number of amides is 1. The fourth-order valence-corrected chi connectivity index (χ4v) is 2.56. The topological polar surface area (TPSA) is 46.3 Å². The maximum atomic E-state index is 12.2. The maximum absolute atomic E-state index is 12.2. The molecule has 2 rings (SSSR count). The predicted octanol–water partition coefficient (Wildman–Crippen LogP) is 2.76. The smallest absolute Gasteiger partial charge is 0.253 e. The van der Waals surface area contributed by atoms with Crippen LogP contribution in [0, 0.1) is 11.8 Å². The second kappa shape index (κ2) is 4.69. The summed E-state index contributed by atoms with van der Waals surface area (Å²) in [7, 11) is 1.85. The first kappa shape index (κ1) is 12.4. The monoisotopic (exact) mass is 296 g/mol. The molecule has 1 fully saturated rings. The van der Waals surface area contributed by atoms with Gasteiger partial charge in [-0.25, -0.2) is 0 Å². The van der Waals surface area contributed by atoms with Crippen molar-refractivity contribution in [3.63, 3.8) is 0 Å². The number of hydrogen-bond acceptors (Lipinski definition) is 2. The molecule has 0 saturated heterocycles. The first-order valence-electron chi connectivity index (χ1n) is 5.79. The summed E-state index contributed by atoms with van der Waals surface area (Å²) in [5.74, 6) is 1.48. The Morgan fingerprint density at radius 3 is 2.71 bits per heavy atom. The third-order valence-corrected chi connectivity index (χ3v) is 3.76. The summed E-state index contributed by atoms with van der Waals surface area (Å²) in [5, 5.41) is 0. The number of nitrogens with two attached hydrogens (primary N) is 1. The summed E-state index contributed by atoms with van der Waals surface area (Å²) < 4.78 is 0.842. The fraction of sp³-hybridized carbons (Fsp3) is 0.462. The van der Waals surface area contributed by atoms with Gasteiger partial charge in [-0.2, -0.15) is 0 Å². The molecule has 92 valence electrons. The highest BCUT2D eigenvalue weighted by molar-refractivity contribution is 9.10. The highest BCUT2D eigenvalue weighted by Gasteiger charge is 2.34. The molecule has 2 unspecified atom stereocenters. The molecule has 1 aliphatic rings. The highest BCUT2D eigenvalue weighted by Crippen LogP contribution is 2.38. The molecule has 2 N–H and O–H groups in total. The summed E-state index contributed by atoms with van der Waals surface area (Å²) in [6, 6.07) is 5.32. The Morgan fingerprint density at radius 2 is 2.18 bits per heavy atom. The van der Waals surface area contributed by atoms with Crippen LogP contribution in [0.4, 0.5) is 5.69 Å². The Balaban J connectivity index is 2.07. The second-order valence-electron chi connectivity index (χ2n) is 4.93. The Hall–Kier alpha value is -1.03. The molecule has 0 heterocycles. The molecule has 1 amide bonds. The number of carbonyl (C=O) groups excluding carboxylic acids is 1. The molecule has 0 radical (unpaired) electrons. The molecule has 2 atom stereocenters. The van der Waals surface area contributed by atoms with Gasteiger partial charge >= 0.3 is 0 Å². The van der Waals surface area contributed by atoms with E-state index in [2.05, 4.69) is 22.9 Å². The van der Waals surface area contributed by atoms with E-state index in [1.54, 1.807) is 17.0 Å². The molecular weight excluding hydrogens is 280 g/mol. The SMILES string of the molecule is CC1CC1CN(C)C(=O)c1cc(N)cc(Br)c1. The quantitative estimate of drug-likeness (QED) is 0.872. The van der Waals surface area contributed by atoms with Crippen molar-refractivity contribution < 1.29 is 4.79 Å². The van der Waals surface area contributed by atoms with E-state index in [4.69, 9.17) is 5.73 Å². The summed E-state index contributed by atoms with van der Waals surface area (Å²) >= 11 is 3.35. The van der Waals surface area contributed by atoms with Gasteiger partial charge in [-0.15, -0.1) is 0 Å². The number of nitrogen functional groups attached to an aromatic ring is 1. The fourth-order valence-electron chi connectivity index (χ4n) is 2.04. The minimum absolute atomic E-state index is 0.0390. The lowest BCUT2D eigenvalue weighted by Gasteiger charge is -2.17. The Morgan fingerprint density at radius 1 is 1.53 bits per heavy atom. The molecule has 1 aromatic carbocycles. The summed E-state index contributed by atoms with van der Waals surface area (Å²) in [5.41, 5.74) is 6.99. The Bertz CT molecular complexity index is 427. The number of halogens is 1. The van der Waals surface area contributed by atoms with Crippen molar-refractivity contribution in [1.29, 1.82) is 0 Å². The molecule has 17 heavy (non-hydrogen) atoms. The lowest BCUT2D eigenvalue weighted by atomic mass is 10.1. The van der Waals surface area contributed by atoms with Gasteiger partial charge < -0.3 is 10.6 Å². The Labute approximate surface area is 110 Å². The third-order valence-electron chi connectivity index (χ3n) is 3.30. The van der Waals surface area contributed by atoms with E-state index >= 15 is 0 Å². The van der Waals surface area contributed by atoms with Crippen LogP contribution in [0.5, 0.6) is 0 Å². The first-order valence-corrected chi connectivity index (χ1v) is 6.58. The van der Waals surface area contributed by atoms with Crippen LogP contribution in [0.1, 0.15) is 23.7 Å². The third kappa shape index (κ3) is 3.00. The van der Waals surface area contributed by atoms with Gasteiger partial charge in [0, 0.05) is 29.3 Å². The minimum atomic E-state index is 0.0390. The van der Waals surface area contributed by atoms with Crippen LogP contribution < -0.4 is 5.73 Å². The van der Waals surface area contributed by atoms with Gasteiger partial charge in [-0.1, -0.05) is 22.9 Å². The molecule has 1 aromatic rings. The summed E-state index contributed by atoms with van der Waals surface area (Å²) in [6.07, 6.45) is 1.23. The average molecular weight is 297 g/mol. The van der Waals surface area contributed by atoms with E-state index in [-0.39, 0.29) is 5.91 Å². The molecular formula is C13H17BrN2O. The van der Waals surface area contributed by atoms with Gasteiger partial charge in [0.2, 0.25) is 0 Å². The van der Waals surface area contributed by atoms with Gasteiger partial charge in [0.15, 0.2) is 0 Å². The molecule has 0 aromatic heterocycles. The van der Waals surface area contributed by atoms with Crippen LogP contribution in [0.15, 0.2) is 22.7 Å². The van der Waals surface area contributed by atoms with Gasteiger partial charge in [0.05, 0.1) is 0 Å². The molecule has 1 saturated carbocycles. The maximum Gasteiger partial charge on any atom is 0.253 e. The zero-order valence-electron chi connectivity index (χ0n) is 10.1. The van der Waals surface area contributed by atoms with Gasteiger partial charge in [0.1, 0.15) is 0 Å². The largest absolute Gasteiger partial charge is 0.399 e. The van der Waals surface area contributed by atoms with Crippen LogP contribution in [0.3, 0.4) is 0 Å². The first-order chi connectivity index (χ1) is 7.97. The van der Waals surface area contributed by atoms with Crippen molar-refractivity contribution in [2.75, 3.05) is 19.3 Å². The second-order valence-corrected chi connectivity index (χ2v) is 5.85. The van der Waals surface area contributed by atoms with Crippen molar-refractivity contribution in [3.8, 4) is 0 Å². The molecule has 0 aliphatic heterocycles. The van der Waals surface area contributed by atoms with E-state index in [9.17, 15) is 4.79 Å². The van der Waals surface area contributed by atoms with Crippen molar-refractivity contribution >= 4 is 27.5 Å². The zero-order chi connectivity index (χ0) is 12.6. The molecule has 0 spiro atoms. The van der Waals surface area contributed by atoms with E-state index in [0.717, 1.165) is 16.9 Å². The minimum Gasteiger partial charge on any atom is -0.399 e. The van der Waals surface area contributed by atoms with Crippen LogP contribution in [-0.4, -0.2) is 24.4 Å². The van der Waals surface area contributed by atoms with Crippen LogP contribution >= 0.6 is 15.9 Å². The van der Waals surface area contributed by atoms with Crippen molar-refractivity contribution in [3.05, 3.63) is 28.2 Å². The molecule has 4 heteroatoms. The standard InChI is InChI=1S/C13H17BrN2O/c1-8-3-10(8)7-16(2)13(17)9-4-11(14)6-12(15)5-9/h4-6,8,10H,3,7,15H2,1-2H3. The lowest BCUT2D eigenvalue weighted by Crippen LogP contribution is -2.29. The highest BCUT2D eigenvalue weighted by atomic mass is 79.9. The average Bonchev–Trinajstić information content (AvgIpc) is 2.91. The lowest BCUT2D eigenvalue weighted by molar-refractivity contribution is 0.0787. The molecule has 3 nitrogen and oxygen atoms in total. The predicted molar refractivity (Wildman–Crippen MR) is 72.8 cm³/mol.